The Morgan fingerprint density at radius 1 is 1.15 bits per heavy atom. The van der Waals surface area contributed by atoms with Crippen LogP contribution in [0.3, 0.4) is 0 Å². The highest BCUT2D eigenvalue weighted by atomic mass is 19.1. The minimum atomic E-state index is -0.353. The Kier molecular flexibility index (Phi) is 7.88. The highest BCUT2D eigenvalue weighted by Gasteiger charge is 2.29. The minimum Gasteiger partial charge on any atom is -0.343 e. The molecule has 1 aliphatic heterocycles. The van der Waals surface area contributed by atoms with Gasteiger partial charge in [-0.3, -0.25) is 19.1 Å². The van der Waals surface area contributed by atoms with Crippen molar-refractivity contribution in [3.8, 4) is 11.8 Å². The van der Waals surface area contributed by atoms with Gasteiger partial charge in [0.05, 0.1) is 12.1 Å². The van der Waals surface area contributed by atoms with Crippen molar-refractivity contribution in [3.05, 3.63) is 46.9 Å². The average molecular weight is 454 g/mol. The van der Waals surface area contributed by atoms with Crippen molar-refractivity contribution in [2.45, 2.75) is 40.5 Å². The van der Waals surface area contributed by atoms with Gasteiger partial charge in [0.15, 0.2) is 0 Å². The predicted octanol–water partition coefficient (Wildman–Crippen LogP) is 3.62. The fourth-order valence-corrected chi connectivity index (χ4v) is 4.48. The second-order valence-corrected chi connectivity index (χ2v) is 8.47. The molecule has 1 aromatic heterocycles. The van der Waals surface area contributed by atoms with Crippen LogP contribution in [0.25, 0.3) is 5.69 Å². The van der Waals surface area contributed by atoms with Crippen LogP contribution in [0.1, 0.15) is 43.5 Å². The zero-order chi connectivity index (χ0) is 24.1. The molecular weight excluding hydrogens is 421 g/mol. The van der Waals surface area contributed by atoms with E-state index in [-0.39, 0.29) is 30.1 Å². The van der Waals surface area contributed by atoms with E-state index in [0.29, 0.717) is 43.2 Å². The number of likely N-dealkylation sites (tertiary alicyclic amines) is 1. The topological polar surface area (TPSA) is 81.4 Å². The van der Waals surface area contributed by atoms with E-state index in [0.717, 1.165) is 24.1 Å². The maximum Gasteiger partial charge on any atom is 0.239 e. The fourth-order valence-electron chi connectivity index (χ4n) is 4.48. The van der Waals surface area contributed by atoms with E-state index in [4.69, 9.17) is 0 Å². The number of hydrogen-bond acceptors (Lipinski definition) is 4. The smallest absolute Gasteiger partial charge is 0.239 e. The normalized spacial score (nSPS) is 14.7. The third-order valence-electron chi connectivity index (χ3n) is 6.55. The molecule has 8 heteroatoms. The minimum absolute atomic E-state index is 0.00964. The largest absolute Gasteiger partial charge is 0.343 e. The Bertz CT molecular complexity index is 1040. The van der Waals surface area contributed by atoms with Gasteiger partial charge in [-0.25, -0.2) is 4.39 Å². The van der Waals surface area contributed by atoms with E-state index < -0.39 is 0 Å². The number of aromatic nitrogens is 1. The van der Waals surface area contributed by atoms with Gasteiger partial charge in [0, 0.05) is 30.4 Å². The Morgan fingerprint density at radius 3 is 2.30 bits per heavy atom. The van der Waals surface area contributed by atoms with Gasteiger partial charge in [-0.15, -0.1) is 0 Å². The first-order valence-corrected chi connectivity index (χ1v) is 11.5. The van der Waals surface area contributed by atoms with Gasteiger partial charge in [0.1, 0.15) is 17.7 Å². The molecule has 0 saturated carbocycles. The molecule has 0 unspecified atom stereocenters. The molecule has 0 spiro atoms. The van der Waals surface area contributed by atoms with Crippen LogP contribution in [0.4, 0.5) is 10.2 Å². The third-order valence-corrected chi connectivity index (χ3v) is 6.55. The SMILES string of the molecule is CCN(CC)C(=O)C1CCN(CC(=O)Nc2c(C#N)c(C)c(C)n2-c2ccc(F)cc2)CC1. The summed E-state index contributed by atoms with van der Waals surface area (Å²) in [5, 5.41) is 12.6. The second-order valence-electron chi connectivity index (χ2n) is 8.47. The molecule has 0 atom stereocenters. The van der Waals surface area contributed by atoms with Crippen LogP contribution in [0, 0.1) is 36.9 Å². The summed E-state index contributed by atoms with van der Waals surface area (Å²) in [5.74, 6) is 0.0343. The van der Waals surface area contributed by atoms with Gasteiger partial charge in [0.25, 0.3) is 0 Å². The summed E-state index contributed by atoms with van der Waals surface area (Å²) in [5.41, 5.74) is 2.65. The number of nitrogens with one attached hydrogen (secondary N) is 1. The molecule has 0 radical (unpaired) electrons. The van der Waals surface area contributed by atoms with Crippen molar-refractivity contribution >= 4 is 17.6 Å². The molecule has 176 valence electrons. The van der Waals surface area contributed by atoms with Crippen molar-refractivity contribution < 1.29 is 14.0 Å². The summed E-state index contributed by atoms with van der Waals surface area (Å²) >= 11 is 0. The molecule has 0 bridgehead atoms. The van der Waals surface area contributed by atoms with Gasteiger partial charge in [-0.1, -0.05) is 0 Å². The zero-order valence-electron chi connectivity index (χ0n) is 19.8. The fraction of sp³-hybridized carbons (Fsp3) is 0.480. The highest BCUT2D eigenvalue weighted by molar-refractivity contribution is 5.93. The van der Waals surface area contributed by atoms with Crippen molar-refractivity contribution in [2.24, 2.45) is 5.92 Å². The number of rotatable bonds is 7. The molecule has 7 nitrogen and oxygen atoms in total. The molecule has 1 N–H and O–H groups in total. The predicted molar refractivity (Wildman–Crippen MR) is 126 cm³/mol. The van der Waals surface area contributed by atoms with E-state index in [9.17, 15) is 19.2 Å². The third kappa shape index (κ3) is 5.25. The molecule has 0 aliphatic carbocycles. The molecule has 1 saturated heterocycles. The van der Waals surface area contributed by atoms with Crippen LogP contribution >= 0.6 is 0 Å². The van der Waals surface area contributed by atoms with Crippen molar-refractivity contribution in [1.82, 2.24) is 14.4 Å². The first kappa shape index (κ1) is 24.5. The number of benzene rings is 1. The van der Waals surface area contributed by atoms with Crippen LogP contribution in [-0.4, -0.2) is 58.9 Å². The van der Waals surface area contributed by atoms with Crippen LogP contribution < -0.4 is 5.32 Å². The Hall–Kier alpha value is -3.18. The number of halogens is 1. The van der Waals surface area contributed by atoms with Gasteiger partial charge in [-0.05, 0) is 83.5 Å². The molecule has 3 rings (SSSR count). The lowest BCUT2D eigenvalue weighted by atomic mass is 9.95. The number of anilines is 1. The molecule has 2 amide bonds. The number of nitrogens with zero attached hydrogens (tertiary/aromatic N) is 4. The summed E-state index contributed by atoms with van der Waals surface area (Å²) in [6.45, 7) is 10.6. The van der Waals surface area contributed by atoms with Crippen LogP contribution in [-0.2, 0) is 9.59 Å². The number of piperidine rings is 1. The lowest BCUT2D eigenvalue weighted by Crippen LogP contribution is -2.44. The lowest BCUT2D eigenvalue weighted by Gasteiger charge is -2.33. The quantitative estimate of drug-likeness (QED) is 0.694. The summed E-state index contributed by atoms with van der Waals surface area (Å²) in [7, 11) is 0. The molecule has 1 aromatic carbocycles. The Balaban J connectivity index is 1.70. The van der Waals surface area contributed by atoms with Crippen LogP contribution in [0.5, 0.6) is 0 Å². The number of hydrogen-bond donors (Lipinski definition) is 1. The van der Waals surface area contributed by atoms with E-state index in [1.165, 1.54) is 12.1 Å². The highest BCUT2D eigenvalue weighted by Crippen LogP contribution is 2.30. The maximum atomic E-state index is 13.4. The van der Waals surface area contributed by atoms with E-state index in [2.05, 4.69) is 11.4 Å². The van der Waals surface area contributed by atoms with Gasteiger partial charge in [-0.2, -0.15) is 5.26 Å². The van der Waals surface area contributed by atoms with Gasteiger partial charge in [0.2, 0.25) is 11.8 Å². The van der Waals surface area contributed by atoms with E-state index in [1.807, 2.05) is 37.5 Å². The number of nitriles is 1. The van der Waals surface area contributed by atoms with Gasteiger partial charge < -0.3 is 10.2 Å². The zero-order valence-corrected chi connectivity index (χ0v) is 19.8. The molecular formula is C25H32FN5O2. The summed E-state index contributed by atoms with van der Waals surface area (Å²) < 4.78 is 15.2. The molecule has 1 aliphatic rings. The standard InChI is InChI=1S/C25H32FN5O2/c1-5-30(6-2)25(33)19-11-13-29(14-12-19)16-23(32)28-24-22(15-27)17(3)18(4)31(24)21-9-7-20(26)8-10-21/h7-10,19H,5-6,11-14,16H2,1-4H3,(H,28,32). The summed E-state index contributed by atoms with van der Waals surface area (Å²) in [6, 6.07) is 8.14. The molecule has 2 heterocycles. The number of carbonyl (C=O) groups excluding carboxylic acids is 2. The lowest BCUT2D eigenvalue weighted by molar-refractivity contribution is -0.136. The van der Waals surface area contributed by atoms with Crippen molar-refractivity contribution in [2.75, 3.05) is 38.0 Å². The van der Waals surface area contributed by atoms with Crippen molar-refractivity contribution in [3.63, 3.8) is 0 Å². The Labute approximate surface area is 194 Å². The van der Waals surface area contributed by atoms with E-state index >= 15 is 0 Å². The summed E-state index contributed by atoms with van der Waals surface area (Å²) in [4.78, 5) is 29.4. The maximum absolute atomic E-state index is 13.4. The first-order valence-electron chi connectivity index (χ1n) is 11.5. The monoisotopic (exact) mass is 453 g/mol. The number of carbonyl (C=O) groups is 2. The first-order chi connectivity index (χ1) is 15.8. The van der Waals surface area contributed by atoms with Crippen LogP contribution in [0.2, 0.25) is 0 Å². The van der Waals surface area contributed by atoms with Crippen LogP contribution in [0.15, 0.2) is 24.3 Å². The average Bonchev–Trinajstić information content (AvgIpc) is 3.04. The van der Waals surface area contributed by atoms with E-state index in [1.54, 1.807) is 16.7 Å². The second kappa shape index (κ2) is 10.6. The Morgan fingerprint density at radius 2 is 1.76 bits per heavy atom. The molecule has 33 heavy (non-hydrogen) atoms. The summed E-state index contributed by atoms with van der Waals surface area (Å²) in [6.07, 6.45) is 1.46. The molecule has 1 fully saturated rings. The molecule has 2 aromatic rings. The van der Waals surface area contributed by atoms with Gasteiger partial charge >= 0.3 is 0 Å². The van der Waals surface area contributed by atoms with Crippen molar-refractivity contribution in [1.29, 1.82) is 5.26 Å². The number of amides is 2.